The minimum atomic E-state index is -3.11. The summed E-state index contributed by atoms with van der Waals surface area (Å²) in [6.45, 7) is 0. The fraction of sp³-hybridized carbons (Fsp3) is 0.750. The molecular formula is C4H6F3NO. The van der Waals surface area contributed by atoms with Crippen molar-refractivity contribution < 1.29 is 18.0 Å². The molecule has 0 bridgehead atoms. The van der Waals surface area contributed by atoms with E-state index in [1.165, 1.54) is 0 Å². The molecule has 0 aromatic carbocycles. The largest absolute Gasteiger partial charge is 0.370 e. The molecule has 0 aliphatic heterocycles. The van der Waals surface area contributed by atoms with Crippen molar-refractivity contribution in [3.8, 4) is 0 Å². The zero-order valence-corrected chi connectivity index (χ0v) is 4.48. The summed E-state index contributed by atoms with van der Waals surface area (Å²) >= 11 is 0. The van der Waals surface area contributed by atoms with Crippen LogP contribution in [0.2, 0.25) is 0 Å². The van der Waals surface area contributed by atoms with Gasteiger partial charge in [-0.05, 0) is 0 Å². The highest BCUT2D eigenvalue weighted by Gasteiger charge is 2.20. The smallest absolute Gasteiger partial charge is 0.269 e. The van der Waals surface area contributed by atoms with E-state index in [0.717, 1.165) is 0 Å². The molecule has 0 aliphatic rings. The third-order valence-corrected chi connectivity index (χ3v) is 0.670. The van der Waals surface area contributed by atoms with E-state index in [1.807, 2.05) is 0 Å². The fourth-order valence-corrected chi connectivity index (χ4v) is 0.281. The van der Waals surface area contributed by atoms with E-state index in [2.05, 4.69) is 5.73 Å². The summed E-state index contributed by atoms with van der Waals surface area (Å²) in [5.74, 6) is -1.05. The summed E-state index contributed by atoms with van der Waals surface area (Å²) < 4.78 is 34.1. The maximum atomic E-state index is 11.7. The zero-order chi connectivity index (χ0) is 7.44. The van der Waals surface area contributed by atoms with Crippen LogP contribution < -0.4 is 5.73 Å². The van der Waals surface area contributed by atoms with Crippen LogP contribution in [0.15, 0.2) is 0 Å². The Morgan fingerprint density at radius 3 is 2.00 bits per heavy atom. The van der Waals surface area contributed by atoms with Gasteiger partial charge in [0.25, 0.3) is 6.43 Å². The number of carbonyl (C=O) groups excluding carboxylic acids is 1. The Labute approximate surface area is 49.8 Å². The molecule has 1 amide bonds. The molecule has 2 nitrogen and oxygen atoms in total. The van der Waals surface area contributed by atoms with Crippen molar-refractivity contribution in [3.05, 3.63) is 0 Å². The summed E-state index contributed by atoms with van der Waals surface area (Å²) in [6.07, 6.45) is -6.43. The molecule has 0 saturated heterocycles. The standard InChI is InChI=1S/C4H6F3NO/c5-2(4(6)7)1-3(8)9/h2,4H,1H2,(H2,8,9). The van der Waals surface area contributed by atoms with Crippen molar-refractivity contribution in [1.82, 2.24) is 0 Å². The Kier molecular flexibility index (Phi) is 3.05. The quantitative estimate of drug-likeness (QED) is 0.609. The Bertz CT molecular complexity index is 106. The lowest BCUT2D eigenvalue weighted by Crippen LogP contribution is -2.22. The topological polar surface area (TPSA) is 43.1 Å². The molecule has 0 aromatic rings. The van der Waals surface area contributed by atoms with Crippen LogP contribution in [-0.4, -0.2) is 18.5 Å². The van der Waals surface area contributed by atoms with Gasteiger partial charge in [-0.3, -0.25) is 4.79 Å². The Hall–Kier alpha value is -0.740. The van der Waals surface area contributed by atoms with Crippen LogP contribution in [0.5, 0.6) is 0 Å². The molecule has 0 radical (unpaired) electrons. The van der Waals surface area contributed by atoms with Gasteiger partial charge in [0.2, 0.25) is 5.91 Å². The first-order chi connectivity index (χ1) is 4.04. The molecular weight excluding hydrogens is 135 g/mol. The third-order valence-electron chi connectivity index (χ3n) is 0.670. The van der Waals surface area contributed by atoms with Crippen LogP contribution in [0.1, 0.15) is 6.42 Å². The van der Waals surface area contributed by atoms with Gasteiger partial charge in [-0.15, -0.1) is 0 Å². The predicted molar refractivity (Wildman–Crippen MR) is 24.7 cm³/mol. The first-order valence-electron chi connectivity index (χ1n) is 2.24. The maximum absolute atomic E-state index is 11.7. The lowest BCUT2D eigenvalue weighted by atomic mass is 10.3. The van der Waals surface area contributed by atoms with Crippen molar-refractivity contribution in [2.24, 2.45) is 5.73 Å². The molecule has 9 heavy (non-hydrogen) atoms. The lowest BCUT2D eigenvalue weighted by molar-refractivity contribution is -0.120. The van der Waals surface area contributed by atoms with E-state index in [-0.39, 0.29) is 0 Å². The highest BCUT2D eigenvalue weighted by Crippen LogP contribution is 2.07. The van der Waals surface area contributed by atoms with E-state index in [4.69, 9.17) is 0 Å². The average Bonchev–Trinajstić information content (AvgIpc) is 1.63. The van der Waals surface area contributed by atoms with Crippen LogP contribution in [0.4, 0.5) is 13.2 Å². The summed E-state index contributed by atoms with van der Waals surface area (Å²) in [7, 11) is 0. The zero-order valence-electron chi connectivity index (χ0n) is 4.48. The number of primary amides is 1. The van der Waals surface area contributed by atoms with Crippen LogP contribution >= 0.6 is 0 Å². The molecule has 0 fully saturated rings. The van der Waals surface area contributed by atoms with Crippen molar-refractivity contribution in [2.45, 2.75) is 19.0 Å². The molecule has 5 heteroatoms. The second-order valence-electron chi connectivity index (χ2n) is 1.52. The number of amides is 1. The SMILES string of the molecule is NC(=O)CC(F)C(F)F. The van der Waals surface area contributed by atoms with Gasteiger partial charge in [-0.25, -0.2) is 13.2 Å². The minimum absolute atomic E-state index is 0.905. The van der Waals surface area contributed by atoms with Gasteiger partial charge in [-0.1, -0.05) is 0 Å². The maximum Gasteiger partial charge on any atom is 0.269 e. The highest BCUT2D eigenvalue weighted by atomic mass is 19.3. The summed E-state index contributed by atoms with van der Waals surface area (Å²) in [4.78, 5) is 9.76. The van der Waals surface area contributed by atoms with E-state index in [9.17, 15) is 18.0 Å². The van der Waals surface area contributed by atoms with Gasteiger partial charge < -0.3 is 5.73 Å². The number of hydrogen-bond acceptors (Lipinski definition) is 1. The summed E-state index contributed by atoms with van der Waals surface area (Å²) in [5, 5.41) is 0. The number of nitrogens with two attached hydrogens (primary N) is 1. The van der Waals surface area contributed by atoms with Gasteiger partial charge in [0.05, 0.1) is 6.42 Å². The molecule has 54 valence electrons. The molecule has 0 aliphatic carbocycles. The second-order valence-corrected chi connectivity index (χ2v) is 1.52. The molecule has 0 saturated carbocycles. The van der Waals surface area contributed by atoms with Crippen molar-refractivity contribution in [3.63, 3.8) is 0 Å². The van der Waals surface area contributed by atoms with Crippen molar-refractivity contribution in [2.75, 3.05) is 0 Å². The Morgan fingerprint density at radius 2 is 1.89 bits per heavy atom. The second kappa shape index (κ2) is 3.32. The number of hydrogen-bond donors (Lipinski definition) is 1. The molecule has 1 unspecified atom stereocenters. The van der Waals surface area contributed by atoms with Gasteiger partial charge >= 0.3 is 0 Å². The normalized spacial score (nSPS) is 13.8. The number of rotatable bonds is 3. The van der Waals surface area contributed by atoms with E-state index < -0.39 is 24.9 Å². The predicted octanol–water partition coefficient (Wildman–Crippen LogP) is 0.465. The van der Waals surface area contributed by atoms with Crippen molar-refractivity contribution in [1.29, 1.82) is 0 Å². The molecule has 0 heterocycles. The Balaban J connectivity index is 3.50. The summed E-state index contributed by atoms with van der Waals surface area (Å²) in [5.41, 5.74) is 4.42. The van der Waals surface area contributed by atoms with Gasteiger partial charge in [0.1, 0.15) is 0 Å². The Morgan fingerprint density at radius 1 is 1.44 bits per heavy atom. The monoisotopic (exact) mass is 141 g/mol. The first-order valence-corrected chi connectivity index (χ1v) is 2.24. The third kappa shape index (κ3) is 3.81. The average molecular weight is 141 g/mol. The number of alkyl halides is 3. The van der Waals surface area contributed by atoms with Crippen LogP contribution in [0.25, 0.3) is 0 Å². The van der Waals surface area contributed by atoms with Gasteiger partial charge in [0, 0.05) is 0 Å². The van der Waals surface area contributed by atoms with Gasteiger partial charge in [-0.2, -0.15) is 0 Å². The van der Waals surface area contributed by atoms with E-state index in [0.29, 0.717) is 0 Å². The van der Waals surface area contributed by atoms with Crippen LogP contribution in [0.3, 0.4) is 0 Å². The number of carbonyl (C=O) groups is 1. The van der Waals surface area contributed by atoms with Crippen LogP contribution in [0, 0.1) is 0 Å². The van der Waals surface area contributed by atoms with Crippen molar-refractivity contribution >= 4 is 5.91 Å². The number of halogens is 3. The molecule has 0 rings (SSSR count). The van der Waals surface area contributed by atoms with Crippen LogP contribution in [-0.2, 0) is 4.79 Å². The first kappa shape index (κ1) is 8.26. The lowest BCUT2D eigenvalue weighted by Gasteiger charge is -2.01. The van der Waals surface area contributed by atoms with E-state index in [1.54, 1.807) is 0 Å². The van der Waals surface area contributed by atoms with Gasteiger partial charge in [0.15, 0.2) is 6.17 Å². The molecule has 0 aromatic heterocycles. The molecule has 1 atom stereocenters. The molecule has 2 N–H and O–H groups in total. The molecule has 0 spiro atoms. The highest BCUT2D eigenvalue weighted by molar-refractivity contribution is 5.74. The summed E-state index contributed by atoms with van der Waals surface area (Å²) in [6, 6.07) is 0. The minimum Gasteiger partial charge on any atom is -0.370 e. The fourth-order valence-electron chi connectivity index (χ4n) is 0.281. The van der Waals surface area contributed by atoms with E-state index >= 15 is 0 Å².